The first kappa shape index (κ1) is 20.8. The van der Waals surface area contributed by atoms with Crippen LogP contribution in [0.1, 0.15) is 36.3 Å². The van der Waals surface area contributed by atoms with Gasteiger partial charge >= 0.3 is 5.97 Å². The summed E-state index contributed by atoms with van der Waals surface area (Å²) in [7, 11) is 0. The van der Waals surface area contributed by atoms with Crippen LogP contribution in [0.2, 0.25) is 0 Å². The molecule has 2 aromatic carbocycles. The number of nitrogens with zero attached hydrogens (tertiary/aromatic N) is 2. The van der Waals surface area contributed by atoms with Crippen molar-refractivity contribution >= 4 is 34.2 Å². The summed E-state index contributed by atoms with van der Waals surface area (Å²) in [6.07, 6.45) is 0.851. The molecule has 2 aromatic rings. The maximum Gasteiger partial charge on any atom is 0.317 e. The van der Waals surface area contributed by atoms with Crippen molar-refractivity contribution < 1.29 is 28.3 Å². The molecule has 3 aliphatic rings. The van der Waals surface area contributed by atoms with Crippen LogP contribution < -0.4 is 10.2 Å². The number of benzene rings is 2. The van der Waals surface area contributed by atoms with Gasteiger partial charge in [0.2, 0.25) is 11.8 Å². The molecular weight excluding hydrogens is 420 g/mol. The van der Waals surface area contributed by atoms with Gasteiger partial charge in [-0.15, -0.1) is 0 Å². The fraction of sp³-hybridized carbons (Fsp3) is 0.435. The summed E-state index contributed by atoms with van der Waals surface area (Å²) in [6.45, 7) is -0.212. The van der Waals surface area contributed by atoms with E-state index in [9.17, 15) is 14.4 Å². The van der Waals surface area contributed by atoms with E-state index in [1.54, 1.807) is 12.1 Å². The number of hydrogen-bond acceptors (Lipinski definition) is 5. The Morgan fingerprint density at radius 3 is 2.72 bits per heavy atom. The zero-order valence-corrected chi connectivity index (χ0v) is 17.3. The van der Waals surface area contributed by atoms with Crippen molar-refractivity contribution in [2.45, 2.75) is 43.7 Å². The van der Waals surface area contributed by atoms with Crippen LogP contribution >= 0.6 is 0 Å². The van der Waals surface area contributed by atoms with Crippen LogP contribution in [0, 0.1) is 0 Å². The van der Waals surface area contributed by atoms with E-state index in [1.165, 1.54) is 4.90 Å². The van der Waals surface area contributed by atoms with Gasteiger partial charge in [-0.2, -0.15) is 0 Å². The molecular formula is C23H23F2N3O4. The van der Waals surface area contributed by atoms with Gasteiger partial charge in [-0.05, 0) is 42.0 Å². The molecule has 0 aromatic heterocycles. The third-order valence-corrected chi connectivity index (χ3v) is 6.79. The van der Waals surface area contributed by atoms with E-state index in [2.05, 4.69) is 5.32 Å². The molecule has 9 heteroatoms. The predicted octanol–water partition coefficient (Wildman–Crippen LogP) is 2.47. The summed E-state index contributed by atoms with van der Waals surface area (Å²) in [6, 6.07) is 8.67. The fourth-order valence-electron chi connectivity index (χ4n) is 5.41. The molecule has 2 unspecified atom stereocenters. The van der Waals surface area contributed by atoms with Crippen molar-refractivity contribution in [1.29, 1.82) is 0 Å². The van der Waals surface area contributed by atoms with Crippen LogP contribution in [0.15, 0.2) is 30.3 Å². The van der Waals surface area contributed by atoms with Crippen LogP contribution in [-0.4, -0.2) is 59.4 Å². The van der Waals surface area contributed by atoms with E-state index in [0.29, 0.717) is 18.5 Å². The van der Waals surface area contributed by atoms with Crippen molar-refractivity contribution in [1.82, 2.24) is 10.2 Å². The predicted molar refractivity (Wildman–Crippen MR) is 113 cm³/mol. The number of hydrogen-bond donors (Lipinski definition) is 2. The number of carboxylic acid groups (broad SMARTS) is 1. The summed E-state index contributed by atoms with van der Waals surface area (Å²) < 4.78 is 30.3. The van der Waals surface area contributed by atoms with E-state index in [4.69, 9.17) is 5.11 Å². The number of rotatable bonds is 4. The summed E-state index contributed by atoms with van der Waals surface area (Å²) in [5.74, 6) is -5.79. The molecule has 7 nitrogen and oxygen atoms in total. The molecule has 2 N–H and O–H groups in total. The number of likely N-dealkylation sites (tertiary alicyclic amines) is 1. The van der Waals surface area contributed by atoms with Crippen LogP contribution in [0.25, 0.3) is 10.8 Å². The number of piperidine rings is 2. The third kappa shape index (κ3) is 3.40. The number of carbonyl (C=O) groups is 3. The zero-order chi connectivity index (χ0) is 22.6. The van der Waals surface area contributed by atoms with Crippen LogP contribution in [0.5, 0.6) is 0 Å². The number of carbonyl (C=O) groups excluding carboxylic acids is 2. The van der Waals surface area contributed by atoms with Gasteiger partial charge in [0, 0.05) is 24.0 Å². The first-order valence-electron chi connectivity index (χ1n) is 10.7. The average Bonchev–Trinajstić information content (AvgIpc) is 3.08. The van der Waals surface area contributed by atoms with Gasteiger partial charge in [0.05, 0.1) is 19.0 Å². The number of anilines is 1. The van der Waals surface area contributed by atoms with E-state index < -0.39 is 36.9 Å². The van der Waals surface area contributed by atoms with E-state index in [0.717, 1.165) is 22.0 Å². The first-order chi connectivity index (χ1) is 15.2. The second-order valence-corrected chi connectivity index (χ2v) is 8.82. The topological polar surface area (TPSA) is 89.9 Å². The lowest BCUT2D eigenvalue weighted by atomic mass is 9.83. The minimum atomic E-state index is -3.06. The Labute approximate surface area is 183 Å². The van der Waals surface area contributed by atoms with E-state index >= 15 is 8.78 Å². The van der Waals surface area contributed by atoms with Gasteiger partial charge in [-0.1, -0.05) is 24.3 Å². The first-order valence-corrected chi connectivity index (χ1v) is 10.7. The van der Waals surface area contributed by atoms with Gasteiger partial charge in [-0.25, -0.2) is 8.78 Å². The molecule has 2 saturated heterocycles. The Balaban J connectivity index is 1.50. The number of aliphatic carboxylic acids is 1. The van der Waals surface area contributed by atoms with Gasteiger partial charge in [0.15, 0.2) is 0 Å². The quantitative estimate of drug-likeness (QED) is 0.706. The molecule has 0 spiro atoms. The van der Waals surface area contributed by atoms with Crippen molar-refractivity contribution in [2.24, 2.45) is 0 Å². The molecule has 2 atom stereocenters. The van der Waals surface area contributed by atoms with Crippen molar-refractivity contribution in [2.75, 3.05) is 24.5 Å². The van der Waals surface area contributed by atoms with Crippen LogP contribution in [-0.2, 0) is 20.9 Å². The highest BCUT2D eigenvalue weighted by Gasteiger charge is 2.46. The number of amides is 2. The lowest BCUT2D eigenvalue weighted by Gasteiger charge is -2.38. The minimum absolute atomic E-state index is 0.163. The molecule has 0 saturated carbocycles. The summed E-state index contributed by atoms with van der Waals surface area (Å²) >= 11 is 0. The normalized spacial score (nSPS) is 25.2. The second kappa shape index (κ2) is 7.51. The Morgan fingerprint density at radius 1 is 1.19 bits per heavy atom. The molecule has 0 aliphatic carbocycles. The van der Waals surface area contributed by atoms with Gasteiger partial charge in [-0.3, -0.25) is 24.6 Å². The minimum Gasteiger partial charge on any atom is -0.480 e. The second-order valence-electron chi connectivity index (χ2n) is 8.82. The maximum absolute atomic E-state index is 15.1. The van der Waals surface area contributed by atoms with Crippen molar-refractivity contribution in [3.05, 3.63) is 41.5 Å². The highest BCUT2D eigenvalue weighted by molar-refractivity contribution is 6.06. The Hall–Kier alpha value is -3.07. The van der Waals surface area contributed by atoms with Gasteiger partial charge in [0.1, 0.15) is 6.04 Å². The van der Waals surface area contributed by atoms with Crippen molar-refractivity contribution in [3.8, 4) is 0 Å². The Bertz CT molecular complexity index is 1140. The average molecular weight is 443 g/mol. The van der Waals surface area contributed by atoms with E-state index in [-0.39, 0.29) is 31.2 Å². The largest absolute Gasteiger partial charge is 0.480 e. The lowest BCUT2D eigenvalue weighted by molar-refractivity contribution is -0.142. The molecule has 0 bridgehead atoms. The monoisotopic (exact) mass is 443 g/mol. The zero-order valence-electron chi connectivity index (χ0n) is 17.3. The Kier molecular flexibility index (Phi) is 4.88. The smallest absolute Gasteiger partial charge is 0.317 e. The van der Waals surface area contributed by atoms with Gasteiger partial charge in [0.25, 0.3) is 5.92 Å². The molecule has 32 heavy (non-hydrogen) atoms. The third-order valence-electron chi connectivity index (χ3n) is 6.79. The summed E-state index contributed by atoms with van der Waals surface area (Å²) in [5, 5.41) is 13.0. The molecule has 2 fully saturated rings. The number of imide groups is 1. The van der Waals surface area contributed by atoms with E-state index in [1.807, 2.05) is 23.1 Å². The summed E-state index contributed by atoms with van der Waals surface area (Å²) in [4.78, 5) is 38.2. The summed E-state index contributed by atoms with van der Waals surface area (Å²) in [5.41, 5.74) is 2.34. The standard InChI is InChI=1S/C23H23F2N3O4/c24-23(25)12-27(11-20(30)31)9-8-16(23)14-4-5-17-21-13(2-1-3-15(14)21)10-28(17)18-6-7-19(29)26-22(18)32/h1-5,16,18H,6-12H2,(H,30,31)(H,26,29,32). The molecule has 5 rings (SSSR count). The lowest BCUT2D eigenvalue weighted by Crippen LogP contribution is -2.51. The molecule has 3 heterocycles. The van der Waals surface area contributed by atoms with Crippen LogP contribution in [0.3, 0.4) is 0 Å². The molecule has 2 amide bonds. The van der Waals surface area contributed by atoms with Gasteiger partial charge < -0.3 is 10.0 Å². The SMILES string of the molecule is O=C(O)CN1CCC(c2ccc3c4c(cccc24)CN3C2CCC(=O)NC2=O)C(F)(F)C1. The molecule has 168 valence electrons. The number of alkyl halides is 2. The number of halogens is 2. The molecule has 3 aliphatic heterocycles. The Morgan fingerprint density at radius 2 is 2.00 bits per heavy atom. The highest BCUT2D eigenvalue weighted by atomic mass is 19.3. The fourth-order valence-corrected chi connectivity index (χ4v) is 5.41. The number of carboxylic acids is 1. The maximum atomic E-state index is 15.1. The molecule has 0 radical (unpaired) electrons. The number of nitrogens with one attached hydrogen (secondary N) is 1. The van der Waals surface area contributed by atoms with Crippen LogP contribution in [0.4, 0.5) is 14.5 Å². The van der Waals surface area contributed by atoms with Crippen molar-refractivity contribution in [3.63, 3.8) is 0 Å². The highest BCUT2D eigenvalue weighted by Crippen LogP contribution is 2.47.